The molecule has 8 nitrogen and oxygen atoms in total. The van der Waals surface area contributed by atoms with E-state index in [1.54, 1.807) is 6.20 Å². The Bertz CT molecular complexity index is 1320. The number of aromatic amines is 1. The number of ether oxygens (including phenoxy) is 1. The summed E-state index contributed by atoms with van der Waals surface area (Å²) in [5.41, 5.74) is 6.10. The van der Waals surface area contributed by atoms with Crippen LogP contribution in [0.15, 0.2) is 60.9 Å². The zero-order valence-electron chi connectivity index (χ0n) is 19.5. The fourth-order valence-electron chi connectivity index (χ4n) is 3.81. The van der Waals surface area contributed by atoms with Crippen molar-refractivity contribution >= 4 is 29.2 Å². The van der Waals surface area contributed by atoms with E-state index in [-0.39, 0.29) is 18.6 Å². The quantitative estimate of drug-likeness (QED) is 0.324. The van der Waals surface area contributed by atoms with Crippen LogP contribution in [0, 0.1) is 0 Å². The van der Waals surface area contributed by atoms with Crippen LogP contribution in [0.1, 0.15) is 25.1 Å². The van der Waals surface area contributed by atoms with Crippen molar-refractivity contribution < 1.29 is 9.53 Å². The zero-order valence-corrected chi connectivity index (χ0v) is 20.4. The van der Waals surface area contributed by atoms with Gasteiger partial charge >= 0.3 is 0 Å². The highest BCUT2D eigenvalue weighted by Gasteiger charge is 2.21. The summed E-state index contributed by atoms with van der Waals surface area (Å²) >= 11 is 1.83. The smallest absolute Gasteiger partial charge is 0.258 e. The summed E-state index contributed by atoms with van der Waals surface area (Å²) in [5, 5.41) is 13.2. The molecule has 0 radical (unpaired) electrons. The molecular formula is C26H26N6O2S. The molecule has 35 heavy (non-hydrogen) atoms. The fourth-order valence-corrected chi connectivity index (χ4v) is 4.85. The van der Waals surface area contributed by atoms with E-state index in [4.69, 9.17) is 14.7 Å². The van der Waals surface area contributed by atoms with Gasteiger partial charge in [-0.15, -0.1) is 0 Å². The second kappa shape index (κ2) is 10.2. The predicted molar refractivity (Wildman–Crippen MR) is 139 cm³/mol. The molecule has 0 fully saturated rings. The first-order chi connectivity index (χ1) is 17.0. The van der Waals surface area contributed by atoms with Gasteiger partial charge in [0.1, 0.15) is 11.6 Å². The zero-order chi connectivity index (χ0) is 24.2. The molecule has 1 aliphatic rings. The van der Waals surface area contributed by atoms with Crippen LogP contribution in [0.4, 0.5) is 11.5 Å². The van der Waals surface area contributed by atoms with Crippen LogP contribution in [0.5, 0.6) is 5.75 Å². The van der Waals surface area contributed by atoms with Crippen LogP contribution in [0.2, 0.25) is 0 Å². The molecule has 0 unspecified atom stereocenters. The van der Waals surface area contributed by atoms with E-state index < -0.39 is 0 Å². The van der Waals surface area contributed by atoms with E-state index in [9.17, 15) is 4.79 Å². The summed E-state index contributed by atoms with van der Waals surface area (Å²) in [6, 6.07) is 15.8. The molecule has 2 aromatic heterocycles. The summed E-state index contributed by atoms with van der Waals surface area (Å²) < 4.78 is 5.70. The number of anilines is 2. The standard InChI is InChI=1S/C26H26N6O2S/c1-16(2)29-24(33)13-34-21-5-3-4-18(10-21)25-31-23-15-35-14-22(23)26(32-25)30-20-8-6-17(7-9-20)19-11-27-28-12-19/h3-12,16H,13-15H2,1-2H3,(H,27,28)(H,29,33)(H,30,31,32). The Morgan fingerprint density at radius 2 is 1.94 bits per heavy atom. The van der Waals surface area contributed by atoms with E-state index in [2.05, 4.69) is 33.0 Å². The average Bonchev–Trinajstić information content (AvgIpc) is 3.56. The van der Waals surface area contributed by atoms with E-state index in [0.717, 1.165) is 51.0 Å². The number of benzene rings is 2. The van der Waals surface area contributed by atoms with Crippen LogP contribution >= 0.6 is 11.8 Å². The van der Waals surface area contributed by atoms with Gasteiger partial charge in [-0.2, -0.15) is 16.9 Å². The van der Waals surface area contributed by atoms with Gasteiger partial charge in [0.2, 0.25) is 0 Å². The highest BCUT2D eigenvalue weighted by molar-refractivity contribution is 7.98. The Labute approximate surface area is 207 Å². The lowest BCUT2D eigenvalue weighted by Gasteiger charge is -2.13. The second-order valence-electron chi connectivity index (χ2n) is 8.54. The molecule has 4 aromatic rings. The van der Waals surface area contributed by atoms with Crippen molar-refractivity contribution in [2.24, 2.45) is 0 Å². The highest BCUT2D eigenvalue weighted by Crippen LogP contribution is 2.36. The third-order valence-electron chi connectivity index (χ3n) is 5.47. The van der Waals surface area contributed by atoms with Crippen molar-refractivity contribution in [2.45, 2.75) is 31.4 Å². The molecule has 0 saturated carbocycles. The van der Waals surface area contributed by atoms with Crippen molar-refractivity contribution in [2.75, 3.05) is 11.9 Å². The molecule has 9 heteroatoms. The molecule has 178 valence electrons. The van der Waals surface area contributed by atoms with Gasteiger partial charge in [-0.25, -0.2) is 9.97 Å². The first kappa shape index (κ1) is 22.9. The summed E-state index contributed by atoms with van der Waals surface area (Å²) in [4.78, 5) is 21.6. The molecule has 1 amide bonds. The number of rotatable bonds is 8. The number of hydrogen-bond donors (Lipinski definition) is 3. The minimum absolute atomic E-state index is 0.0368. The second-order valence-corrected chi connectivity index (χ2v) is 9.53. The number of nitrogens with zero attached hydrogens (tertiary/aromatic N) is 3. The lowest BCUT2D eigenvalue weighted by Crippen LogP contribution is -2.34. The van der Waals surface area contributed by atoms with Crippen molar-refractivity contribution in [1.29, 1.82) is 0 Å². The number of amides is 1. The molecule has 0 spiro atoms. The molecule has 3 N–H and O–H groups in total. The maximum absolute atomic E-state index is 11.9. The van der Waals surface area contributed by atoms with Crippen molar-refractivity contribution in [3.63, 3.8) is 0 Å². The summed E-state index contributed by atoms with van der Waals surface area (Å²) in [6.45, 7) is 3.80. The Balaban J connectivity index is 1.37. The van der Waals surface area contributed by atoms with Gasteiger partial charge in [-0.3, -0.25) is 9.89 Å². The first-order valence-corrected chi connectivity index (χ1v) is 12.6. The van der Waals surface area contributed by atoms with Crippen LogP contribution in [0.3, 0.4) is 0 Å². The van der Waals surface area contributed by atoms with Gasteiger partial charge in [-0.1, -0.05) is 24.3 Å². The Morgan fingerprint density at radius 3 is 2.71 bits per heavy atom. The lowest BCUT2D eigenvalue weighted by atomic mass is 10.1. The maximum atomic E-state index is 11.9. The Kier molecular flexibility index (Phi) is 6.67. The highest BCUT2D eigenvalue weighted by atomic mass is 32.2. The van der Waals surface area contributed by atoms with Crippen molar-refractivity contribution in [1.82, 2.24) is 25.5 Å². The number of aromatic nitrogens is 4. The first-order valence-electron chi connectivity index (χ1n) is 11.4. The third-order valence-corrected chi connectivity index (χ3v) is 6.44. The number of carbonyl (C=O) groups is 1. The minimum Gasteiger partial charge on any atom is -0.484 e. The van der Waals surface area contributed by atoms with Gasteiger partial charge in [-0.05, 0) is 43.7 Å². The summed E-state index contributed by atoms with van der Waals surface area (Å²) in [7, 11) is 0. The predicted octanol–water partition coefficient (Wildman–Crippen LogP) is 4.93. The Morgan fingerprint density at radius 1 is 1.09 bits per heavy atom. The monoisotopic (exact) mass is 486 g/mol. The van der Waals surface area contributed by atoms with Gasteiger partial charge in [0, 0.05) is 46.1 Å². The number of hydrogen-bond acceptors (Lipinski definition) is 7. The van der Waals surface area contributed by atoms with Gasteiger partial charge in [0.15, 0.2) is 12.4 Å². The molecule has 0 saturated heterocycles. The van der Waals surface area contributed by atoms with E-state index >= 15 is 0 Å². The maximum Gasteiger partial charge on any atom is 0.258 e. The van der Waals surface area contributed by atoms with Crippen LogP contribution in [-0.2, 0) is 16.3 Å². The Hall–Kier alpha value is -3.85. The van der Waals surface area contributed by atoms with Crippen molar-refractivity contribution in [3.05, 3.63) is 72.2 Å². The molecule has 5 rings (SSSR count). The molecule has 0 aliphatic carbocycles. The van der Waals surface area contributed by atoms with Gasteiger partial charge in [0.05, 0.1) is 11.9 Å². The summed E-state index contributed by atoms with van der Waals surface area (Å²) in [6.07, 6.45) is 3.68. The molecule has 3 heterocycles. The SMILES string of the molecule is CC(C)NC(=O)COc1cccc(-c2nc3c(c(Nc4ccc(-c5cn[nH]c5)cc4)n2)CSC3)c1. The number of carbonyl (C=O) groups excluding carboxylic acids is 1. The topological polar surface area (TPSA) is 105 Å². The van der Waals surface area contributed by atoms with E-state index in [0.29, 0.717) is 11.6 Å². The lowest BCUT2D eigenvalue weighted by molar-refractivity contribution is -0.123. The largest absolute Gasteiger partial charge is 0.484 e. The minimum atomic E-state index is -0.151. The average molecular weight is 487 g/mol. The van der Waals surface area contributed by atoms with E-state index in [1.807, 2.05) is 68.2 Å². The molecule has 0 bridgehead atoms. The number of H-pyrrole nitrogens is 1. The van der Waals surface area contributed by atoms with Crippen LogP contribution in [0.25, 0.3) is 22.5 Å². The van der Waals surface area contributed by atoms with Crippen LogP contribution < -0.4 is 15.4 Å². The van der Waals surface area contributed by atoms with Gasteiger partial charge < -0.3 is 15.4 Å². The van der Waals surface area contributed by atoms with Crippen LogP contribution in [-0.4, -0.2) is 38.7 Å². The molecule has 2 aromatic carbocycles. The summed E-state index contributed by atoms with van der Waals surface area (Å²) in [5.74, 6) is 3.62. The third kappa shape index (κ3) is 5.46. The molecule has 1 aliphatic heterocycles. The fraction of sp³-hybridized carbons (Fsp3) is 0.231. The number of nitrogens with one attached hydrogen (secondary N) is 3. The van der Waals surface area contributed by atoms with Crippen molar-refractivity contribution in [3.8, 4) is 28.3 Å². The van der Waals surface area contributed by atoms with E-state index in [1.165, 1.54) is 0 Å². The molecular weight excluding hydrogens is 460 g/mol. The normalized spacial score (nSPS) is 12.4. The number of thioether (sulfide) groups is 1. The van der Waals surface area contributed by atoms with Gasteiger partial charge in [0.25, 0.3) is 5.91 Å². The number of fused-ring (bicyclic) bond motifs is 1. The molecule has 0 atom stereocenters.